The van der Waals surface area contributed by atoms with Crippen molar-refractivity contribution in [3.05, 3.63) is 0 Å². The minimum atomic E-state index is 0.955. The lowest BCUT2D eigenvalue weighted by Crippen LogP contribution is -2.23. The third-order valence-electron chi connectivity index (χ3n) is 2.63. The number of nitrogens with zero attached hydrogens (tertiary/aromatic N) is 1. The van der Waals surface area contributed by atoms with Crippen LogP contribution in [0.1, 0.15) is 26.7 Å². The number of quaternary nitrogens is 1. The maximum Gasteiger partial charge on any atom is 0.136 e. The Bertz CT molecular complexity index is 101. The summed E-state index contributed by atoms with van der Waals surface area (Å²) in [4.78, 5) is 0. The molecule has 2 unspecified atom stereocenters. The minimum absolute atomic E-state index is 0.955. The monoisotopic (exact) mass is 128 g/mol. The van der Waals surface area contributed by atoms with Crippen molar-refractivity contribution < 1.29 is 4.48 Å². The van der Waals surface area contributed by atoms with Crippen LogP contribution in [0.15, 0.2) is 0 Å². The summed E-state index contributed by atoms with van der Waals surface area (Å²) in [5.41, 5.74) is 0. The Hall–Kier alpha value is -0.0400. The van der Waals surface area contributed by atoms with Gasteiger partial charge in [-0.25, -0.2) is 0 Å². The van der Waals surface area contributed by atoms with E-state index in [1.54, 1.807) is 0 Å². The first kappa shape index (κ1) is 7.07. The number of unbranched alkanes of at least 4 members (excludes halogenated alkanes) is 1. The Kier molecular flexibility index (Phi) is 1.80. The second kappa shape index (κ2) is 2.30. The van der Waals surface area contributed by atoms with Gasteiger partial charge < -0.3 is 4.48 Å². The van der Waals surface area contributed by atoms with E-state index in [1.807, 2.05) is 0 Å². The van der Waals surface area contributed by atoms with E-state index in [4.69, 9.17) is 0 Å². The predicted octanol–water partition coefficient (Wildman–Crippen LogP) is 1.64. The van der Waals surface area contributed by atoms with E-state index >= 15 is 0 Å². The maximum absolute atomic E-state index is 2.36. The first-order chi connectivity index (χ1) is 4.19. The molecule has 0 radical (unpaired) electrons. The molecule has 0 aliphatic carbocycles. The lowest BCUT2D eigenvalue weighted by atomic mass is 10.3. The molecule has 1 rings (SSSR count). The molecule has 0 bridgehead atoms. The summed E-state index contributed by atoms with van der Waals surface area (Å²) in [6.07, 6.45) is 2.75. The van der Waals surface area contributed by atoms with Crippen LogP contribution in [0.5, 0.6) is 0 Å². The molecule has 1 nitrogen and oxygen atoms in total. The Morgan fingerprint density at radius 3 is 2.44 bits per heavy atom. The van der Waals surface area contributed by atoms with Crippen LogP contribution < -0.4 is 0 Å². The predicted molar refractivity (Wildman–Crippen MR) is 40.3 cm³/mol. The van der Waals surface area contributed by atoms with Gasteiger partial charge in [0.2, 0.25) is 0 Å². The highest BCUT2D eigenvalue weighted by Gasteiger charge is 2.46. The zero-order valence-electron chi connectivity index (χ0n) is 6.85. The summed E-state index contributed by atoms with van der Waals surface area (Å²) < 4.78 is 1.34. The van der Waals surface area contributed by atoms with Gasteiger partial charge in [-0.1, -0.05) is 13.3 Å². The summed E-state index contributed by atoms with van der Waals surface area (Å²) in [5.74, 6) is 0. The van der Waals surface area contributed by atoms with Gasteiger partial charge in [0.1, 0.15) is 12.6 Å². The first-order valence-electron chi connectivity index (χ1n) is 4.03. The Morgan fingerprint density at radius 2 is 2.11 bits per heavy atom. The highest BCUT2D eigenvalue weighted by molar-refractivity contribution is 4.65. The van der Waals surface area contributed by atoms with Crippen LogP contribution in [0.2, 0.25) is 0 Å². The van der Waals surface area contributed by atoms with Crippen molar-refractivity contribution in [2.75, 3.05) is 20.1 Å². The van der Waals surface area contributed by atoms with Crippen LogP contribution in [0, 0.1) is 0 Å². The molecule has 1 aliphatic rings. The van der Waals surface area contributed by atoms with Gasteiger partial charge in [0, 0.05) is 0 Å². The largest absolute Gasteiger partial charge is 0.314 e. The molecule has 1 heterocycles. The molecule has 9 heavy (non-hydrogen) atoms. The summed E-state index contributed by atoms with van der Waals surface area (Å²) in [5, 5.41) is 0. The van der Waals surface area contributed by atoms with Crippen molar-refractivity contribution in [3.8, 4) is 0 Å². The molecular formula is C8H18N+. The molecule has 1 saturated heterocycles. The first-order valence-corrected chi connectivity index (χ1v) is 4.03. The number of rotatable bonds is 3. The van der Waals surface area contributed by atoms with Crippen LogP contribution in [-0.4, -0.2) is 30.7 Å². The second-order valence-electron chi connectivity index (χ2n) is 3.59. The van der Waals surface area contributed by atoms with Crippen LogP contribution in [0.4, 0.5) is 0 Å². The number of likely N-dealkylation sites (N-methyl/N-ethyl adjacent to an activating group) is 1. The van der Waals surface area contributed by atoms with Crippen LogP contribution >= 0.6 is 0 Å². The van der Waals surface area contributed by atoms with Gasteiger partial charge in [0.05, 0.1) is 13.6 Å². The van der Waals surface area contributed by atoms with Crippen molar-refractivity contribution in [1.82, 2.24) is 0 Å². The SMILES string of the molecule is CCCC[N+]1(C)CC1C. The molecule has 0 saturated carbocycles. The molecule has 0 aromatic heterocycles. The average molecular weight is 128 g/mol. The Labute approximate surface area is 58.3 Å². The van der Waals surface area contributed by atoms with Gasteiger partial charge >= 0.3 is 0 Å². The number of hydrogen-bond acceptors (Lipinski definition) is 0. The molecule has 0 aromatic carbocycles. The third-order valence-corrected chi connectivity index (χ3v) is 2.63. The summed E-state index contributed by atoms with van der Waals surface area (Å²) in [7, 11) is 2.36. The van der Waals surface area contributed by atoms with Crippen LogP contribution in [0.25, 0.3) is 0 Å². The minimum Gasteiger partial charge on any atom is -0.314 e. The molecule has 0 N–H and O–H groups in total. The molecule has 0 aromatic rings. The van der Waals surface area contributed by atoms with Gasteiger partial charge in [0.15, 0.2) is 0 Å². The fourth-order valence-electron chi connectivity index (χ4n) is 1.39. The fourth-order valence-corrected chi connectivity index (χ4v) is 1.39. The van der Waals surface area contributed by atoms with Gasteiger partial charge in [-0.15, -0.1) is 0 Å². The average Bonchev–Trinajstić information content (AvgIpc) is 2.38. The zero-order valence-corrected chi connectivity index (χ0v) is 6.85. The smallest absolute Gasteiger partial charge is 0.136 e. The molecule has 1 fully saturated rings. The molecule has 0 amide bonds. The van der Waals surface area contributed by atoms with Gasteiger partial charge in [-0.2, -0.15) is 0 Å². The molecular weight excluding hydrogens is 110 g/mol. The molecule has 54 valence electrons. The normalized spacial score (nSPS) is 41.0. The maximum atomic E-state index is 2.36. The van der Waals surface area contributed by atoms with E-state index in [9.17, 15) is 0 Å². The van der Waals surface area contributed by atoms with Crippen molar-refractivity contribution >= 4 is 0 Å². The highest BCUT2D eigenvalue weighted by atomic mass is 15.5. The molecule has 1 heteroatoms. The molecule has 0 spiro atoms. The third kappa shape index (κ3) is 1.45. The topological polar surface area (TPSA) is 0 Å². The van der Waals surface area contributed by atoms with E-state index in [0.717, 1.165) is 6.04 Å². The van der Waals surface area contributed by atoms with Crippen LogP contribution in [-0.2, 0) is 0 Å². The van der Waals surface area contributed by atoms with Crippen LogP contribution in [0.3, 0.4) is 0 Å². The lowest BCUT2D eigenvalue weighted by molar-refractivity contribution is -0.791. The van der Waals surface area contributed by atoms with E-state index in [2.05, 4.69) is 20.9 Å². The molecule has 2 atom stereocenters. The fraction of sp³-hybridized carbons (Fsp3) is 1.00. The highest BCUT2D eigenvalue weighted by Crippen LogP contribution is 2.27. The van der Waals surface area contributed by atoms with Crippen molar-refractivity contribution in [1.29, 1.82) is 0 Å². The summed E-state index contributed by atoms with van der Waals surface area (Å²) in [6, 6.07) is 0.955. The van der Waals surface area contributed by atoms with E-state index in [1.165, 1.54) is 30.4 Å². The number of hydrogen-bond donors (Lipinski definition) is 0. The summed E-state index contributed by atoms with van der Waals surface area (Å²) in [6.45, 7) is 7.42. The van der Waals surface area contributed by atoms with Gasteiger partial charge in [0.25, 0.3) is 0 Å². The van der Waals surface area contributed by atoms with Gasteiger partial charge in [-0.05, 0) is 13.3 Å². The van der Waals surface area contributed by atoms with Crippen molar-refractivity contribution in [3.63, 3.8) is 0 Å². The summed E-state index contributed by atoms with van der Waals surface area (Å²) >= 11 is 0. The zero-order chi connectivity index (χ0) is 6.91. The Balaban J connectivity index is 2.13. The Morgan fingerprint density at radius 1 is 1.56 bits per heavy atom. The lowest BCUT2D eigenvalue weighted by Gasteiger charge is -2.11. The van der Waals surface area contributed by atoms with Crippen molar-refractivity contribution in [2.24, 2.45) is 0 Å². The standard InChI is InChI=1S/C8H18N/c1-4-5-6-9(3)7-8(9)2/h8H,4-7H2,1-3H3/q+1. The quantitative estimate of drug-likeness (QED) is 0.400. The van der Waals surface area contributed by atoms with E-state index < -0.39 is 0 Å². The van der Waals surface area contributed by atoms with E-state index in [0.29, 0.717) is 0 Å². The van der Waals surface area contributed by atoms with E-state index in [-0.39, 0.29) is 0 Å². The second-order valence-corrected chi connectivity index (χ2v) is 3.59. The van der Waals surface area contributed by atoms with Gasteiger partial charge in [-0.3, -0.25) is 0 Å². The molecule has 1 aliphatic heterocycles. The van der Waals surface area contributed by atoms with Crippen molar-refractivity contribution in [2.45, 2.75) is 32.7 Å².